The van der Waals surface area contributed by atoms with E-state index in [9.17, 15) is 4.79 Å². The third-order valence-electron chi connectivity index (χ3n) is 4.37. The summed E-state index contributed by atoms with van der Waals surface area (Å²) in [5.41, 5.74) is 0. The molecule has 1 saturated heterocycles. The summed E-state index contributed by atoms with van der Waals surface area (Å²) in [7, 11) is 3.51. The van der Waals surface area contributed by atoms with E-state index in [0.717, 1.165) is 37.9 Å². The summed E-state index contributed by atoms with van der Waals surface area (Å²) in [5.74, 6) is 2.18. The first kappa shape index (κ1) is 24.4. The van der Waals surface area contributed by atoms with Gasteiger partial charge in [0.05, 0.1) is 0 Å². The van der Waals surface area contributed by atoms with Crippen LogP contribution in [0.3, 0.4) is 0 Å². The van der Waals surface area contributed by atoms with Crippen LogP contribution in [-0.2, 0) is 4.79 Å². The Morgan fingerprint density at radius 2 is 1.88 bits per heavy atom. The Morgan fingerprint density at radius 3 is 2.44 bits per heavy atom. The van der Waals surface area contributed by atoms with Gasteiger partial charge in [-0.25, -0.2) is 4.99 Å². The van der Waals surface area contributed by atoms with Gasteiger partial charge in [0, 0.05) is 27.2 Å². The molecule has 1 aliphatic heterocycles. The third kappa shape index (κ3) is 11.6. The van der Waals surface area contributed by atoms with Gasteiger partial charge in [0.1, 0.15) is 6.54 Å². The first-order valence-corrected chi connectivity index (χ1v) is 9.33. The van der Waals surface area contributed by atoms with Crippen LogP contribution in [0.1, 0.15) is 40.0 Å². The molecule has 148 valence electrons. The number of likely N-dealkylation sites (tertiary alicyclic amines) is 1. The van der Waals surface area contributed by atoms with Crippen molar-refractivity contribution in [1.82, 2.24) is 20.4 Å². The lowest BCUT2D eigenvalue weighted by atomic mass is 9.99. The van der Waals surface area contributed by atoms with Gasteiger partial charge in [0.25, 0.3) is 0 Å². The molecule has 1 aliphatic rings. The predicted molar refractivity (Wildman–Crippen MR) is 117 cm³/mol. The molecule has 25 heavy (non-hydrogen) atoms. The van der Waals surface area contributed by atoms with E-state index >= 15 is 0 Å². The number of hydrogen-bond acceptors (Lipinski definition) is 3. The summed E-state index contributed by atoms with van der Waals surface area (Å²) >= 11 is 0. The number of piperidine rings is 1. The second kappa shape index (κ2) is 13.6. The number of carbonyl (C=O) groups is 1. The lowest BCUT2D eigenvalue weighted by Crippen LogP contribution is -2.41. The van der Waals surface area contributed by atoms with Gasteiger partial charge in [-0.3, -0.25) is 4.79 Å². The standard InChI is InChI=1S/C18H37N5O.HI/c1-15(2)13-20-18(21-14-17(24)22(4)5)19-9-6-10-23-11-7-16(3)8-12-23;/h15-16H,6-14H2,1-5H3,(H2,19,20,21);1H. The molecule has 1 rings (SSSR count). The quantitative estimate of drug-likeness (QED) is 0.248. The molecule has 1 fully saturated rings. The zero-order valence-corrected chi connectivity index (χ0v) is 19.0. The summed E-state index contributed by atoms with van der Waals surface area (Å²) in [6.45, 7) is 12.2. The molecule has 0 unspecified atom stereocenters. The van der Waals surface area contributed by atoms with E-state index < -0.39 is 0 Å². The Labute approximate surface area is 171 Å². The molecule has 0 atom stereocenters. The van der Waals surface area contributed by atoms with E-state index in [1.807, 2.05) is 0 Å². The van der Waals surface area contributed by atoms with E-state index in [0.29, 0.717) is 5.92 Å². The fraction of sp³-hybridized carbons (Fsp3) is 0.889. The number of guanidine groups is 1. The Balaban J connectivity index is 0.00000576. The van der Waals surface area contributed by atoms with Crippen LogP contribution < -0.4 is 10.6 Å². The SMILES string of the molecule is CC(C)CNC(=NCC(=O)N(C)C)NCCCN1CCC(C)CC1.I. The summed E-state index contributed by atoms with van der Waals surface area (Å²) in [5, 5.41) is 6.67. The summed E-state index contributed by atoms with van der Waals surface area (Å²) in [6, 6.07) is 0. The van der Waals surface area contributed by atoms with Gasteiger partial charge in [0.2, 0.25) is 5.91 Å². The highest BCUT2D eigenvalue weighted by molar-refractivity contribution is 14.0. The molecule has 0 aromatic rings. The van der Waals surface area contributed by atoms with E-state index in [2.05, 4.69) is 41.3 Å². The van der Waals surface area contributed by atoms with E-state index in [1.165, 1.54) is 25.9 Å². The summed E-state index contributed by atoms with van der Waals surface area (Å²) in [6.07, 6.45) is 3.74. The molecule has 0 radical (unpaired) electrons. The molecule has 1 amide bonds. The Hall–Kier alpha value is -0.570. The lowest BCUT2D eigenvalue weighted by molar-refractivity contribution is -0.127. The van der Waals surface area contributed by atoms with E-state index in [-0.39, 0.29) is 36.4 Å². The molecule has 0 spiro atoms. The lowest BCUT2D eigenvalue weighted by Gasteiger charge is -2.30. The average Bonchev–Trinajstić information content (AvgIpc) is 2.54. The molecule has 2 N–H and O–H groups in total. The number of hydrogen-bond donors (Lipinski definition) is 2. The number of nitrogens with one attached hydrogen (secondary N) is 2. The van der Waals surface area contributed by atoms with Gasteiger partial charge < -0.3 is 20.4 Å². The molecule has 1 heterocycles. The third-order valence-corrected chi connectivity index (χ3v) is 4.37. The maximum absolute atomic E-state index is 11.7. The number of carbonyl (C=O) groups excluding carboxylic acids is 1. The first-order chi connectivity index (χ1) is 11.4. The van der Waals surface area contributed by atoms with Crippen molar-refractivity contribution in [2.75, 3.05) is 53.4 Å². The van der Waals surface area contributed by atoms with Crippen LogP contribution >= 0.6 is 24.0 Å². The highest BCUT2D eigenvalue weighted by Crippen LogP contribution is 2.15. The van der Waals surface area contributed by atoms with Gasteiger partial charge in [-0.1, -0.05) is 20.8 Å². The van der Waals surface area contributed by atoms with Crippen molar-refractivity contribution < 1.29 is 4.79 Å². The van der Waals surface area contributed by atoms with Gasteiger partial charge >= 0.3 is 0 Å². The fourth-order valence-electron chi connectivity index (χ4n) is 2.56. The Kier molecular flexibility index (Phi) is 13.3. The van der Waals surface area contributed by atoms with Crippen molar-refractivity contribution in [2.45, 2.75) is 40.0 Å². The van der Waals surface area contributed by atoms with Crippen LogP contribution in [0.4, 0.5) is 0 Å². The molecule has 0 bridgehead atoms. The number of halogens is 1. The zero-order chi connectivity index (χ0) is 17.9. The molecular weight excluding hydrogens is 429 g/mol. The maximum atomic E-state index is 11.7. The first-order valence-electron chi connectivity index (χ1n) is 9.33. The second-order valence-corrected chi connectivity index (χ2v) is 7.53. The van der Waals surface area contributed by atoms with Gasteiger partial charge in [-0.05, 0) is 50.7 Å². The number of likely N-dealkylation sites (N-methyl/N-ethyl adjacent to an activating group) is 1. The molecule has 0 aliphatic carbocycles. The molecular formula is C18H38IN5O. The van der Waals surface area contributed by atoms with Crippen LogP contribution in [-0.4, -0.2) is 75.0 Å². The molecule has 0 aromatic heterocycles. The predicted octanol–water partition coefficient (Wildman–Crippen LogP) is 2.01. The minimum atomic E-state index is 0. The maximum Gasteiger partial charge on any atom is 0.243 e. The van der Waals surface area contributed by atoms with Crippen LogP contribution in [0.2, 0.25) is 0 Å². The van der Waals surface area contributed by atoms with Gasteiger partial charge in [-0.15, -0.1) is 24.0 Å². The average molecular weight is 467 g/mol. The van der Waals surface area contributed by atoms with Crippen molar-refractivity contribution in [1.29, 1.82) is 0 Å². The number of rotatable bonds is 8. The van der Waals surface area contributed by atoms with Crippen LogP contribution in [0.5, 0.6) is 0 Å². The fourth-order valence-corrected chi connectivity index (χ4v) is 2.56. The number of aliphatic imine (C=N–C) groups is 1. The van der Waals surface area contributed by atoms with Crippen LogP contribution in [0.25, 0.3) is 0 Å². The highest BCUT2D eigenvalue weighted by Gasteiger charge is 2.14. The normalized spacial score (nSPS) is 16.5. The van der Waals surface area contributed by atoms with E-state index in [1.54, 1.807) is 19.0 Å². The number of nitrogens with zero attached hydrogens (tertiary/aromatic N) is 3. The topological polar surface area (TPSA) is 60.0 Å². The Bertz CT molecular complexity index is 393. The molecule has 0 aromatic carbocycles. The number of amides is 1. The monoisotopic (exact) mass is 467 g/mol. The van der Waals surface area contributed by atoms with Gasteiger partial charge in [0.15, 0.2) is 5.96 Å². The summed E-state index contributed by atoms with van der Waals surface area (Å²) in [4.78, 5) is 20.2. The molecule has 0 saturated carbocycles. The van der Waals surface area contributed by atoms with E-state index in [4.69, 9.17) is 0 Å². The van der Waals surface area contributed by atoms with Crippen molar-refractivity contribution in [3.63, 3.8) is 0 Å². The minimum Gasteiger partial charge on any atom is -0.356 e. The van der Waals surface area contributed by atoms with Crippen molar-refractivity contribution in [2.24, 2.45) is 16.8 Å². The molecule has 7 heteroatoms. The van der Waals surface area contributed by atoms with Crippen LogP contribution in [0.15, 0.2) is 4.99 Å². The van der Waals surface area contributed by atoms with Gasteiger partial charge in [-0.2, -0.15) is 0 Å². The van der Waals surface area contributed by atoms with Crippen molar-refractivity contribution in [3.8, 4) is 0 Å². The van der Waals surface area contributed by atoms with Crippen LogP contribution in [0, 0.1) is 11.8 Å². The Morgan fingerprint density at radius 1 is 1.24 bits per heavy atom. The summed E-state index contributed by atoms with van der Waals surface area (Å²) < 4.78 is 0. The highest BCUT2D eigenvalue weighted by atomic mass is 127. The second-order valence-electron chi connectivity index (χ2n) is 7.53. The zero-order valence-electron chi connectivity index (χ0n) is 16.7. The smallest absolute Gasteiger partial charge is 0.243 e. The van der Waals surface area contributed by atoms with Crippen molar-refractivity contribution >= 4 is 35.8 Å². The largest absolute Gasteiger partial charge is 0.356 e. The molecule has 6 nitrogen and oxygen atoms in total. The minimum absolute atomic E-state index is 0. The van der Waals surface area contributed by atoms with Crippen molar-refractivity contribution in [3.05, 3.63) is 0 Å².